The summed E-state index contributed by atoms with van der Waals surface area (Å²) < 4.78 is 13.4. The molecule has 0 radical (unpaired) electrons. The van der Waals surface area contributed by atoms with Gasteiger partial charge in [-0.25, -0.2) is 9.18 Å². The van der Waals surface area contributed by atoms with E-state index in [1.165, 1.54) is 12.1 Å². The average molecular weight is 314 g/mol. The first-order valence-corrected chi connectivity index (χ1v) is 7.23. The number of hydrogen-bond acceptors (Lipinski definition) is 2. The molecule has 1 amide bonds. The molecule has 0 saturated heterocycles. The molecule has 4 nitrogen and oxygen atoms in total. The molecule has 0 spiro atoms. The zero-order chi connectivity index (χ0) is 15.6. The molecule has 2 rings (SSSR count). The van der Waals surface area contributed by atoms with E-state index in [1.807, 2.05) is 0 Å². The maximum atomic E-state index is 13.4. The fraction of sp³-hybridized carbons (Fsp3) is 0.467. The van der Waals surface area contributed by atoms with Crippen molar-refractivity contribution in [3.8, 4) is 0 Å². The van der Waals surface area contributed by atoms with Crippen LogP contribution in [0.25, 0.3) is 0 Å². The third kappa shape index (κ3) is 3.35. The topological polar surface area (TPSA) is 66.4 Å². The lowest BCUT2D eigenvalue weighted by Crippen LogP contribution is -2.56. The Kier molecular flexibility index (Phi) is 4.52. The maximum Gasteiger partial charge on any atom is 0.329 e. The van der Waals surface area contributed by atoms with E-state index in [2.05, 4.69) is 12.2 Å². The van der Waals surface area contributed by atoms with Gasteiger partial charge >= 0.3 is 5.97 Å². The largest absolute Gasteiger partial charge is 0.480 e. The second-order valence-corrected chi connectivity index (χ2v) is 6.06. The molecule has 1 aliphatic carbocycles. The molecule has 0 aliphatic heterocycles. The van der Waals surface area contributed by atoms with Crippen molar-refractivity contribution in [2.24, 2.45) is 5.92 Å². The number of carbonyl (C=O) groups excluding carboxylic acids is 1. The number of hydrogen-bond donors (Lipinski definition) is 2. The molecule has 1 aromatic rings. The summed E-state index contributed by atoms with van der Waals surface area (Å²) in [5.74, 6) is -1.90. The lowest BCUT2D eigenvalue weighted by Gasteiger charge is -2.36. The van der Waals surface area contributed by atoms with Gasteiger partial charge in [0.15, 0.2) is 0 Å². The average Bonchev–Trinajstić information content (AvgIpc) is 2.44. The molecule has 1 fully saturated rings. The summed E-state index contributed by atoms with van der Waals surface area (Å²) in [5.41, 5.74) is -1.20. The monoisotopic (exact) mass is 313 g/mol. The van der Waals surface area contributed by atoms with Gasteiger partial charge in [-0.3, -0.25) is 4.79 Å². The summed E-state index contributed by atoms with van der Waals surface area (Å²) in [6.45, 7) is 2.06. The second-order valence-electron chi connectivity index (χ2n) is 5.65. The van der Waals surface area contributed by atoms with Crippen LogP contribution in [0.2, 0.25) is 5.02 Å². The first-order valence-electron chi connectivity index (χ1n) is 6.85. The SMILES string of the molecule is CC1CCC(NC(=O)c2ccc(Cl)c(F)c2)(C(=O)O)CC1. The zero-order valence-corrected chi connectivity index (χ0v) is 12.4. The van der Waals surface area contributed by atoms with Crippen LogP contribution < -0.4 is 5.32 Å². The van der Waals surface area contributed by atoms with Crippen LogP contribution in [-0.2, 0) is 4.79 Å². The lowest BCUT2D eigenvalue weighted by molar-refractivity contribution is -0.146. The minimum Gasteiger partial charge on any atom is -0.480 e. The van der Waals surface area contributed by atoms with Gasteiger partial charge in [0, 0.05) is 5.56 Å². The van der Waals surface area contributed by atoms with Crippen molar-refractivity contribution in [1.82, 2.24) is 5.32 Å². The number of aliphatic carboxylic acids is 1. The lowest BCUT2D eigenvalue weighted by atomic mass is 9.77. The molecule has 1 saturated carbocycles. The van der Waals surface area contributed by atoms with Crippen LogP contribution in [0.15, 0.2) is 18.2 Å². The molecule has 0 bridgehead atoms. The molecular weight excluding hydrogens is 297 g/mol. The molecule has 114 valence electrons. The smallest absolute Gasteiger partial charge is 0.329 e. The molecule has 0 heterocycles. The highest BCUT2D eigenvalue weighted by Crippen LogP contribution is 2.32. The van der Waals surface area contributed by atoms with Crippen LogP contribution in [0, 0.1) is 11.7 Å². The first-order chi connectivity index (χ1) is 9.84. The highest BCUT2D eigenvalue weighted by molar-refractivity contribution is 6.30. The van der Waals surface area contributed by atoms with Crippen molar-refractivity contribution in [3.63, 3.8) is 0 Å². The molecule has 1 aromatic carbocycles. The second kappa shape index (κ2) is 6.02. The summed E-state index contributed by atoms with van der Waals surface area (Å²) in [6, 6.07) is 3.67. The fourth-order valence-corrected chi connectivity index (χ4v) is 2.69. The molecule has 0 aromatic heterocycles. The Morgan fingerprint density at radius 1 is 1.38 bits per heavy atom. The number of rotatable bonds is 3. The number of amides is 1. The Morgan fingerprint density at radius 3 is 2.52 bits per heavy atom. The van der Waals surface area contributed by atoms with Gasteiger partial charge in [-0.1, -0.05) is 18.5 Å². The molecule has 0 atom stereocenters. The number of carboxylic acid groups (broad SMARTS) is 1. The standard InChI is InChI=1S/C15H17ClFNO3/c1-9-4-6-15(7-5-9,14(20)21)18-13(19)10-2-3-11(16)12(17)8-10/h2-3,8-9H,4-7H2,1H3,(H,18,19)(H,20,21). The summed E-state index contributed by atoms with van der Waals surface area (Å²) in [4.78, 5) is 23.7. The van der Waals surface area contributed by atoms with Crippen LogP contribution in [0.3, 0.4) is 0 Å². The molecular formula is C15H17ClFNO3. The van der Waals surface area contributed by atoms with Crippen molar-refractivity contribution < 1.29 is 19.1 Å². The molecule has 0 unspecified atom stereocenters. The van der Waals surface area contributed by atoms with Gasteiger partial charge in [0.2, 0.25) is 0 Å². The number of carbonyl (C=O) groups is 2. The number of halogens is 2. The van der Waals surface area contributed by atoms with Gasteiger partial charge < -0.3 is 10.4 Å². The zero-order valence-electron chi connectivity index (χ0n) is 11.7. The van der Waals surface area contributed by atoms with E-state index < -0.39 is 23.2 Å². The van der Waals surface area contributed by atoms with Crippen LogP contribution in [0.4, 0.5) is 4.39 Å². The summed E-state index contributed by atoms with van der Waals surface area (Å²) in [6.07, 6.45) is 2.24. The molecule has 6 heteroatoms. The van der Waals surface area contributed by atoms with Crippen molar-refractivity contribution >= 4 is 23.5 Å². The quantitative estimate of drug-likeness (QED) is 0.900. The minimum atomic E-state index is -1.26. The molecule has 2 N–H and O–H groups in total. The summed E-state index contributed by atoms with van der Waals surface area (Å²) >= 11 is 5.57. The van der Waals surface area contributed by atoms with Crippen molar-refractivity contribution in [3.05, 3.63) is 34.6 Å². The van der Waals surface area contributed by atoms with Gasteiger partial charge in [0.1, 0.15) is 11.4 Å². The van der Waals surface area contributed by atoms with Crippen LogP contribution in [0.1, 0.15) is 43.0 Å². The predicted octanol–water partition coefficient (Wildman–Crippen LogP) is 3.24. The number of nitrogens with one attached hydrogen (secondary N) is 1. The number of carboxylic acids is 1. The maximum absolute atomic E-state index is 13.4. The Balaban J connectivity index is 2.19. The van der Waals surface area contributed by atoms with Gasteiger partial charge in [0.05, 0.1) is 5.02 Å². The van der Waals surface area contributed by atoms with E-state index in [9.17, 15) is 19.1 Å². The van der Waals surface area contributed by atoms with Gasteiger partial charge in [0.25, 0.3) is 5.91 Å². The van der Waals surface area contributed by atoms with Crippen LogP contribution >= 0.6 is 11.6 Å². The van der Waals surface area contributed by atoms with Crippen molar-refractivity contribution in [2.45, 2.75) is 38.1 Å². The van der Waals surface area contributed by atoms with E-state index in [0.29, 0.717) is 18.8 Å². The van der Waals surface area contributed by atoms with Crippen LogP contribution in [0.5, 0.6) is 0 Å². The highest BCUT2D eigenvalue weighted by atomic mass is 35.5. The van der Waals surface area contributed by atoms with Crippen molar-refractivity contribution in [1.29, 1.82) is 0 Å². The normalized spacial score (nSPS) is 25.4. The predicted molar refractivity (Wildman–Crippen MR) is 76.9 cm³/mol. The highest BCUT2D eigenvalue weighted by Gasteiger charge is 2.42. The van der Waals surface area contributed by atoms with Gasteiger partial charge in [-0.15, -0.1) is 0 Å². The molecule has 21 heavy (non-hydrogen) atoms. The van der Waals surface area contributed by atoms with Crippen LogP contribution in [-0.4, -0.2) is 22.5 Å². The van der Waals surface area contributed by atoms with E-state index in [0.717, 1.165) is 18.9 Å². The van der Waals surface area contributed by atoms with E-state index in [-0.39, 0.29) is 10.6 Å². The van der Waals surface area contributed by atoms with E-state index in [1.54, 1.807) is 0 Å². The van der Waals surface area contributed by atoms with Gasteiger partial charge in [-0.2, -0.15) is 0 Å². The Hall–Kier alpha value is -1.62. The van der Waals surface area contributed by atoms with E-state index >= 15 is 0 Å². The Morgan fingerprint density at radius 2 is 2.00 bits per heavy atom. The molecule has 1 aliphatic rings. The summed E-state index contributed by atoms with van der Waals surface area (Å²) in [7, 11) is 0. The minimum absolute atomic E-state index is 0.0659. The number of benzene rings is 1. The summed E-state index contributed by atoms with van der Waals surface area (Å²) in [5, 5.41) is 11.9. The Bertz CT molecular complexity index is 568. The van der Waals surface area contributed by atoms with E-state index in [4.69, 9.17) is 11.6 Å². The van der Waals surface area contributed by atoms with Crippen molar-refractivity contribution in [2.75, 3.05) is 0 Å². The third-order valence-electron chi connectivity index (χ3n) is 4.07. The Labute approximate surface area is 127 Å². The first kappa shape index (κ1) is 15.8. The fourth-order valence-electron chi connectivity index (χ4n) is 2.57. The third-order valence-corrected chi connectivity index (χ3v) is 4.38. The van der Waals surface area contributed by atoms with Gasteiger partial charge in [-0.05, 0) is 49.8 Å².